The Morgan fingerprint density at radius 2 is 1.65 bits per heavy atom. The second-order valence-corrected chi connectivity index (χ2v) is 5.39. The lowest BCUT2D eigenvalue weighted by molar-refractivity contribution is -0.110. The van der Waals surface area contributed by atoms with Crippen LogP contribution in [-0.2, 0) is 4.79 Å². The summed E-state index contributed by atoms with van der Waals surface area (Å²) in [5, 5.41) is 0. The van der Waals surface area contributed by atoms with Crippen LogP contribution in [0.2, 0.25) is 0 Å². The summed E-state index contributed by atoms with van der Waals surface area (Å²) in [4.78, 5) is 15.8. The van der Waals surface area contributed by atoms with Crippen molar-refractivity contribution in [1.29, 1.82) is 0 Å². The van der Waals surface area contributed by atoms with E-state index in [-0.39, 0.29) is 5.78 Å². The van der Waals surface area contributed by atoms with Crippen LogP contribution in [0.15, 0.2) is 50.4 Å². The summed E-state index contributed by atoms with van der Waals surface area (Å²) in [5.74, 6) is -0.0558. The Bertz CT molecular complexity index is 553. The minimum absolute atomic E-state index is 0.0558. The van der Waals surface area contributed by atoms with E-state index in [1.165, 1.54) is 11.6 Å². The summed E-state index contributed by atoms with van der Waals surface area (Å²) in [7, 11) is 0. The zero-order chi connectivity index (χ0) is 12.4. The van der Waals surface area contributed by atoms with Crippen LogP contribution in [0.1, 0.15) is 5.56 Å². The highest BCUT2D eigenvalue weighted by Crippen LogP contribution is 2.24. The van der Waals surface area contributed by atoms with Gasteiger partial charge < -0.3 is 0 Å². The van der Waals surface area contributed by atoms with Crippen LogP contribution in [-0.4, -0.2) is 11.5 Å². The normalized spacial score (nSPS) is 18.1. The number of carbonyl (C=O) groups is 1. The van der Waals surface area contributed by atoms with Crippen LogP contribution in [0.25, 0.3) is 0 Å². The number of ketones is 1. The van der Waals surface area contributed by atoms with E-state index in [1.807, 2.05) is 31.2 Å². The Morgan fingerprint density at radius 1 is 1.00 bits per heavy atom. The van der Waals surface area contributed by atoms with E-state index in [0.717, 1.165) is 11.4 Å². The van der Waals surface area contributed by atoms with E-state index in [9.17, 15) is 4.79 Å². The molecule has 0 saturated heterocycles. The average Bonchev–Trinajstić information content (AvgIpc) is 2.29. The lowest BCUT2D eigenvalue weighted by atomic mass is 10.1. The third-order valence-electron chi connectivity index (χ3n) is 2.28. The standard InChI is InChI=1S/C13H9Br2NO/c1-8-2-4-9(5-3-8)16-12-6-11(15)13(17)7-10(12)14/h2-7H,1H3. The van der Waals surface area contributed by atoms with Crippen LogP contribution in [0.5, 0.6) is 0 Å². The number of hydrogen-bond donors (Lipinski definition) is 0. The zero-order valence-corrected chi connectivity index (χ0v) is 12.2. The second kappa shape index (κ2) is 5.10. The van der Waals surface area contributed by atoms with Gasteiger partial charge in [-0.1, -0.05) is 17.7 Å². The first-order chi connectivity index (χ1) is 8.06. The number of aryl methyl sites for hydroxylation is 1. The fourth-order valence-corrected chi connectivity index (χ4v) is 2.10. The van der Waals surface area contributed by atoms with Crippen LogP contribution in [0.4, 0.5) is 5.69 Å². The summed E-state index contributed by atoms with van der Waals surface area (Å²) in [6.45, 7) is 2.03. The van der Waals surface area contributed by atoms with Gasteiger partial charge in [0, 0.05) is 10.6 Å². The van der Waals surface area contributed by atoms with Crippen molar-refractivity contribution in [3.05, 3.63) is 50.9 Å². The lowest BCUT2D eigenvalue weighted by Gasteiger charge is -2.07. The highest BCUT2D eigenvalue weighted by molar-refractivity contribution is 9.12. The highest BCUT2D eigenvalue weighted by Gasteiger charge is 2.14. The van der Waals surface area contributed by atoms with Gasteiger partial charge in [-0.05, 0) is 57.0 Å². The number of benzene rings is 1. The predicted octanol–water partition coefficient (Wildman–Crippen LogP) is 4.21. The summed E-state index contributed by atoms with van der Waals surface area (Å²) >= 11 is 6.55. The molecule has 0 atom stereocenters. The van der Waals surface area contributed by atoms with Crippen LogP contribution < -0.4 is 0 Å². The fourth-order valence-electron chi connectivity index (χ4n) is 1.36. The average molecular weight is 355 g/mol. The van der Waals surface area contributed by atoms with Gasteiger partial charge in [-0.15, -0.1) is 0 Å². The number of nitrogens with zero attached hydrogens (tertiary/aromatic N) is 1. The monoisotopic (exact) mass is 353 g/mol. The van der Waals surface area contributed by atoms with Gasteiger partial charge in [-0.3, -0.25) is 4.79 Å². The van der Waals surface area contributed by atoms with Gasteiger partial charge in [0.15, 0.2) is 5.78 Å². The number of halogens is 2. The molecule has 2 rings (SSSR count). The van der Waals surface area contributed by atoms with Crippen molar-refractivity contribution < 1.29 is 4.79 Å². The lowest BCUT2D eigenvalue weighted by Crippen LogP contribution is -2.06. The smallest absolute Gasteiger partial charge is 0.194 e. The van der Waals surface area contributed by atoms with Gasteiger partial charge >= 0.3 is 0 Å². The number of hydrogen-bond acceptors (Lipinski definition) is 2. The first kappa shape index (κ1) is 12.5. The molecule has 0 unspecified atom stereocenters. The molecule has 0 heterocycles. The van der Waals surface area contributed by atoms with Gasteiger partial charge in [0.2, 0.25) is 0 Å². The van der Waals surface area contributed by atoms with Crippen LogP contribution in [0, 0.1) is 6.92 Å². The minimum atomic E-state index is -0.0558. The third kappa shape index (κ3) is 3.01. The van der Waals surface area contributed by atoms with Crippen molar-refractivity contribution in [3.63, 3.8) is 0 Å². The molecule has 0 bridgehead atoms. The molecule has 1 aromatic rings. The highest BCUT2D eigenvalue weighted by atomic mass is 79.9. The molecule has 0 aromatic heterocycles. The zero-order valence-electron chi connectivity index (χ0n) is 9.08. The maximum absolute atomic E-state index is 11.4. The van der Waals surface area contributed by atoms with E-state index in [0.29, 0.717) is 8.96 Å². The molecule has 0 aliphatic heterocycles. The van der Waals surface area contributed by atoms with E-state index >= 15 is 0 Å². The maximum Gasteiger partial charge on any atom is 0.194 e. The molecule has 2 nitrogen and oxygen atoms in total. The number of carbonyl (C=O) groups excluding carboxylic acids is 1. The minimum Gasteiger partial charge on any atom is -0.289 e. The molecule has 1 aliphatic rings. The summed E-state index contributed by atoms with van der Waals surface area (Å²) < 4.78 is 1.22. The largest absolute Gasteiger partial charge is 0.289 e. The second-order valence-electron chi connectivity index (χ2n) is 3.68. The Hall–Kier alpha value is -1.000. The summed E-state index contributed by atoms with van der Waals surface area (Å²) in [6, 6.07) is 7.90. The van der Waals surface area contributed by atoms with Crippen LogP contribution in [0.3, 0.4) is 0 Å². The topological polar surface area (TPSA) is 29.4 Å². The van der Waals surface area contributed by atoms with Gasteiger partial charge in [-0.25, -0.2) is 4.99 Å². The molecule has 0 fully saturated rings. The number of rotatable bonds is 1. The molecule has 0 N–H and O–H groups in total. The van der Waals surface area contributed by atoms with E-state index < -0.39 is 0 Å². The Kier molecular flexibility index (Phi) is 3.74. The molecule has 0 amide bonds. The first-order valence-electron chi connectivity index (χ1n) is 5.01. The van der Waals surface area contributed by atoms with Crippen molar-refractivity contribution >= 4 is 49.0 Å². The molecule has 0 radical (unpaired) electrons. The molecule has 4 heteroatoms. The van der Waals surface area contributed by atoms with Gasteiger partial charge in [-0.2, -0.15) is 0 Å². The molecule has 17 heavy (non-hydrogen) atoms. The fraction of sp³-hybridized carbons (Fsp3) is 0.0769. The van der Waals surface area contributed by atoms with Crippen molar-refractivity contribution in [3.8, 4) is 0 Å². The van der Waals surface area contributed by atoms with Crippen molar-refractivity contribution in [2.45, 2.75) is 6.92 Å². The summed E-state index contributed by atoms with van der Waals surface area (Å²) in [5.41, 5.74) is 2.79. The van der Waals surface area contributed by atoms with Crippen molar-refractivity contribution in [1.82, 2.24) is 0 Å². The van der Waals surface area contributed by atoms with E-state index in [1.54, 1.807) is 6.08 Å². The molecule has 0 spiro atoms. The molecule has 86 valence electrons. The Morgan fingerprint density at radius 3 is 2.29 bits per heavy atom. The van der Waals surface area contributed by atoms with Crippen molar-refractivity contribution in [2.24, 2.45) is 4.99 Å². The molecule has 0 saturated carbocycles. The molecular weight excluding hydrogens is 346 g/mol. The Labute approximate surface area is 116 Å². The first-order valence-corrected chi connectivity index (χ1v) is 6.59. The molecule has 1 aromatic carbocycles. The van der Waals surface area contributed by atoms with E-state index in [4.69, 9.17) is 0 Å². The number of aliphatic imine (C=N–C) groups is 1. The quantitative estimate of drug-likeness (QED) is 0.694. The summed E-state index contributed by atoms with van der Waals surface area (Å²) in [6.07, 6.45) is 3.23. The van der Waals surface area contributed by atoms with Gasteiger partial charge in [0.1, 0.15) is 0 Å². The molecule has 1 aliphatic carbocycles. The van der Waals surface area contributed by atoms with Crippen molar-refractivity contribution in [2.75, 3.05) is 0 Å². The number of allylic oxidation sites excluding steroid dienone is 4. The SMILES string of the molecule is Cc1ccc(N=C2C=C(Br)C(=O)C=C2Br)cc1. The van der Waals surface area contributed by atoms with E-state index in [2.05, 4.69) is 36.9 Å². The maximum atomic E-state index is 11.4. The Balaban J connectivity index is 2.37. The van der Waals surface area contributed by atoms with Gasteiger partial charge in [0.25, 0.3) is 0 Å². The molecular formula is C13H9Br2NO. The third-order valence-corrected chi connectivity index (χ3v) is 3.54. The predicted molar refractivity (Wildman–Crippen MR) is 77.3 cm³/mol. The van der Waals surface area contributed by atoms with Crippen LogP contribution >= 0.6 is 31.9 Å². The van der Waals surface area contributed by atoms with Gasteiger partial charge in [0.05, 0.1) is 15.9 Å².